The van der Waals surface area contributed by atoms with Crippen molar-refractivity contribution in [3.8, 4) is 0 Å². The van der Waals surface area contributed by atoms with Crippen LogP contribution in [0.3, 0.4) is 0 Å². The first-order valence-electron chi connectivity index (χ1n) is 7.22. The first kappa shape index (κ1) is 13.1. The number of hydrogen-bond donors (Lipinski definition) is 2. The van der Waals surface area contributed by atoms with Crippen LogP contribution in [-0.2, 0) is 6.54 Å². The molecule has 3 heterocycles. The van der Waals surface area contributed by atoms with E-state index in [0.717, 1.165) is 24.6 Å². The van der Waals surface area contributed by atoms with Crippen molar-refractivity contribution in [2.75, 3.05) is 18.4 Å². The van der Waals surface area contributed by atoms with E-state index in [9.17, 15) is 0 Å². The third-order valence-corrected chi connectivity index (χ3v) is 3.77. The Morgan fingerprint density at radius 2 is 2.00 bits per heavy atom. The van der Waals surface area contributed by atoms with Gasteiger partial charge in [-0.1, -0.05) is 6.07 Å². The summed E-state index contributed by atoms with van der Waals surface area (Å²) in [7, 11) is 0. The third kappa shape index (κ3) is 3.33. The maximum atomic E-state index is 4.39. The Kier molecular flexibility index (Phi) is 4.23. The molecule has 0 atom stereocenters. The molecule has 1 aliphatic rings. The average Bonchev–Trinajstić information content (AvgIpc) is 2.55. The molecule has 0 bridgehead atoms. The lowest BCUT2D eigenvalue weighted by atomic mass is 9.91. The topological polar surface area (TPSA) is 49.8 Å². The van der Waals surface area contributed by atoms with Crippen molar-refractivity contribution >= 4 is 5.82 Å². The van der Waals surface area contributed by atoms with Gasteiger partial charge in [-0.15, -0.1) is 0 Å². The summed E-state index contributed by atoms with van der Waals surface area (Å²) in [5, 5.41) is 6.76. The van der Waals surface area contributed by atoms with Crippen LogP contribution in [0.25, 0.3) is 0 Å². The number of nitrogens with zero attached hydrogens (tertiary/aromatic N) is 2. The molecule has 4 nitrogen and oxygen atoms in total. The van der Waals surface area contributed by atoms with Crippen LogP contribution in [0.1, 0.15) is 30.0 Å². The molecular weight excluding hydrogens is 248 g/mol. The van der Waals surface area contributed by atoms with Crippen molar-refractivity contribution in [3.63, 3.8) is 0 Å². The molecule has 2 aromatic heterocycles. The van der Waals surface area contributed by atoms with E-state index in [2.05, 4.69) is 32.7 Å². The van der Waals surface area contributed by atoms with E-state index in [1.54, 1.807) is 0 Å². The van der Waals surface area contributed by atoms with Crippen LogP contribution in [0.5, 0.6) is 0 Å². The van der Waals surface area contributed by atoms with Crippen LogP contribution in [-0.4, -0.2) is 23.1 Å². The van der Waals surface area contributed by atoms with Gasteiger partial charge in [0.15, 0.2) is 0 Å². The van der Waals surface area contributed by atoms with Crippen LogP contribution in [0.2, 0.25) is 0 Å². The molecule has 0 aromatic carbocycles. The van der Waals surface area contributed by atoms with Crippen LogP contribution in [0.4, 0.5) is 5.82 Å². The van der Waals surface area contributed by atoms with Crippen molar-refractivity contribution in [1.29, 1.82) is 0 Å². The Bertz CT molecular complexity index is 535. The third-order valence-electron chi connectivity index (χ3n) is 3.77. The van der Waals surface area contributed by atoms with Crippen molar-refractivity contribution < 1.29 is 0 Å². The molecule has 0 saturated carbocycles. The van der Waals surface area contributed by atoms with Crippen LogP contribution in [0.15, 0.2) is 42.7 Å². The Balaban J connectivity index is 1.65. The minimum absolute atomic E-state index is 0.662. The molecule has 2 aromatic rings. The normalized spacial score (nSPS) is 16.0. The van der Waals surface area contributed by atoms with Crippen LogP contribution >= 0.6 is 0 Å². The van der Waals surface area contributed by atoms with Gasteiger partial charge in [-0.3, -0.25) is 4.98 Å². The zero-order valence-corrected chi connectivity index (χ0v) is 11.5. The molecule has 2 N–H and O–H groups in total. The van der Waals surface area contributed by atoms with Gasteiger partial charge in [-0.25, -0.2) is 4.98 Å². The Morgan fingerprint density at radius 1 is 1.10 bits per heavy atom. The van der Waals surface area contributed by atoms with Crippen LogP contribution < -0.4 is 10.6 Å². The molecule has 1 fully saturated rings. The Morgan fingerprint density at radius 3 is 2.80 bits per heavy atom. The van der Waals surface area contributed by atoms with Gasteiger partial charge in [0.05, 0.1) is 12.2 Å². The van der Waals surface area contributed by atoms with Crippen molar-refractivity contribution in [3.05, 3.63) is 54.0 Å². The van der Waals surface area contributed by atoms with E-state index >= 15 is 0 Å². The molecule has 0 radical (unpaired) electrons. The molecule has 3 rings (SSSR count). The van der Waals surface area contributed by atoms with E-state index in [1.165, 1.54) is 18.4 Å². The molecular formula is C16H20N4. The molecule has 0 aliphatic carbocycles. The van der Waals surface area contributed by atoms with Crippen molar-refractivity contribution in [2.45, 2.75) is 25.3 Å². The van der Waals surface area contributed by atoms with Crippen LogP contribution in [0, 0.1) is 0 Å². The van der Waals surface area contributed by atoms with E-state index in [4.69, 9.17) is 0 Å². The standard InChI is InChI=1S/C16H20N4/c1-2-7-18-15(3-1)12-20-16-11-14(6-10-19-16)13-4-8-17-9-5-13/h1-3,6-7,10-11,13,17H,4-5,8-9,12H2,(H,19,20). The van der Waals surface area contributed by atoms with E-state index in [1.807, 2.05) is 30.6 Å². The van der Waals surface area contributed by atoms with E-state index in [0.29, 0.717) is 12.5 Å². The number of rotatable bonds is 4. The summed E-state index contributed by atoms with van der Waals surface area (Å²) in [5.41, 5.74) is 2.42. The highest BCUT2D eigenvalue weighted by Gasteiger charge is 2.15. The van der Waals surface area contributed by atoms with Crippen molar-refractivity contribution in [2.24, 2.45) is 0 Å². The predicted molar refractivity (Wildman–Crippen MR) is 80.6 cm³/mol. The zero-order chi connectivity index (χ0) is 13.6. The highest BCUT2D eigenvalue weighted by Crippen LogP contribution is 2.26. The minimum atomic E-state index is 0.662. The van der Waals surface area contributed by atoms with E-state index < -0.39 is 0 Å². The Hall–Kier alpha value is -1.94. The lowest BCUT2D eigenvalue weighted by molar-refractivity contribution is 0.460. The maximum absolute atomic E-state index is 4.39. The first-order chi connectivity index (χ1) is 9.92. The lowest BCUT2D eigenvalue weighted by Gasteiger charge is -2.23. The molecule has 104 valence electrons. The second kappa shape index (κ2) is 6.48. The number of hydrogen-bond acceptors (Lipinski definition) is 4. The van der Waals surface area contributed by atoms with Gasteiger partial charge in [0.1, 0.15) is 5.82 Å². The summed E-state index contributed by atoms with van der Waals surface area (Å²) in [6.45, 7) is 2.94. The summed E-state index contributed by atoms with van der Waals surface area (Å²) in [4.78, 5) is 8.70. The lowest BCUT2D eigenvalue weighted by Crippen LogP contribution is -2.26. The first-order valence-corrected chi connectivity index (χ1v) is 7.22. The summed E-state index contributed by atoms with van der Waals surface area (Å²) < 4.78 is 0. The number of aromatic nitrogens is 2. The fourth-order valence-electron chi connectivity index (χ4n) is 2.64. The highest BCUT2D eigenvalue weighted by atomic mass is 15.0. The van der Waals surface area contributed by atoms with Gasteiger partial charge in [-0.2, -0.15) is 0 Å². The molecule has 1 saturated heterocycles. The molecule has 0 amide bonds. The fourth-order valence-corrected chi connectivity index (χ4v) is 2.64. The molecule has 0 spiro atoms. The number of nitrogens with one attached hydrogen (secondary N) is 2. The van der Waals surface area contributed by atoms with E-state index in [-0.39, 0.29) is 0 Å². The fraction of sp³-hybridized carbons (Fsp3) is 0.375. The van der Waals surface area contributed by atoms with Gasteiger partial charge in [0.25, 0.3) is 0 Å². The average molecular weight is 268 g/mol. The molecule has 0 unspecified atom stereocenters. The van der Waals surface area contributed by atoms with Gasteiger partial charge in [0, 0.05) is 12.4 Å². The summed E-state index contributed by atoms with van der Waals surface area (Å²) in [6.07, 6.45) is 6.14. The SMILES string of the molecule is c1ccc(CNc2cc(C3CCNCC3)ccn2)nc1. The summed E-state index contributed by atoms with van der Waals surface area (Å²) in [5.74, 6) is 1.60. The highest BCUT2D eigenvalue weighted by molar-refractivity contribution is 5.39. The quantitative estimate of drug-likeness (QED) is 0.894. The maximum Gasteiger partial charge on any atom is 0.126 e. The zero-order valence-electron chi connectivity index (χ0n) is 11.5. The van der Waals surface area contributed by atoms with Crippen molar-refractivity contribution in [1.82, 2.24) is 15.3 Å². The molecule has 4 heteroatoms. The number of pyridine rings is 2. The molecule has 1 aliphatic heterocycles. The summed E-state index contributed by atoms with van der Waals surface area (Å²) in [6, 6.07) is 10.3. The largest absolute Gasteiger partial charge is 0.364 e. The number of piperidine rings is 1. The molecule has 20 heavy (non-hydrogen) atoms. The number of anilines is 1. The predicted octanol–water partition coefficient (Wildman–Crippen LogP) is 2.56. The second-order valence-electron chi connectivity index (χ2n) is 5.17. The monoisotopic (exact) mass is 268 g/mol. The van der Waals surface area contributed by atoms with Gasteiger partial charge >= 0.3 is 0 Å². The smallest absolute Gasteiger partial charge is 0.126 e. The second-order valence-corrected chi connectivity index (χ2v) is 5.17. The Labute approximate surface area is 119 Å². The van der Waals surface area contributed by atoms with Gasteiger partial charge in [-0.05, 0) is 61.7 Å². The summed E-state index contributed by atoms with van der Waals surface area (Å²) >= 11 is 0. The minimum Gasteiger partial charge on any atom is -0.364 e. The van der Waals surface area contributed by atoms with Gasteiger partial charge < -0.3 is 10.6 Å². The van der Waals surface area contributed by atoms with Gasteiger partial charge in [0.2, 0.25) is 0 Å².